The number of allylic oxidation sites excluding steroid dienone is 1. The molecular formula is C13H16ClN. The molecular weight excluding hydrogens is 206 g/mol. The minimum absolute atomic E-state index is 0.605. The van der Waals surface area contributed by atoms with Gasteiger partial charge in [0.15, 0.2) is 0 Å². The molecule has 0 saturated heterocycles. The Hall–Kier alpha value is -0.790. The van der Waals surface area contributed by atoms with Crippen molar-refractivity contribution in [1.29, 1.82) is 0 Å². The summed E-state index contributed by atoms with van der Waals surface area (Å²) in [7, 11) is 0. The van der Waals surface area contributed by atoms with Crippen LogP contribution in [-0.4, -0.2) is 19.0 Å². The van der Waals surface area contributed by atoms with Crippen LogP contribution in [0, 0.1) is 0 Å². The third-order valence-corrected chi connectivity index (χ3v) is 3.05. The van der Waals surface area contributed by atoms with Gasteiger partial charge in [0.25, 0.3) is 0 Å². The highest BCUT2D eigenvalue weighted by Gasteiger charge is 2.24. The molecule has 0 spiro atoms. The van der Waals surface area contributed by atoms with E-state index in [9.17, 15) is 0 Å². The van der Waals surface area contributed by atoms with E-state index in [0.29, 0.717) is 11.8 Å². The zero-order valence-electron chi connectivity index (χ0n) is 8.75. The third-order valence-electron chi connectivity index (χ3n) is 2.87. The summed E-state index contributed by atoms with van der Waals surface area (Å²) < 4.78 is 0. The molecule has 80 valence electrons. The number of rotatable bonds is 5. The van der Waals surface area contributed by atoms with Crippen molar-refractivity contribution in [3.05, 3.63) is 47.5 Å². The molecule has 0 radical (unpaired) electrons. The van der Waals surface area contributed by atoms with Crippen LogP contribution in [0.2, 0.25) is 0 Å². The maximum atomic E-state index is 5.53. The molecule has 0 bridgehead atoms. The van der Waals surface area contributed by atoms with Crippen molar-refractivity contribution in [2.45, 2.75) is 12.3 Å². The van der Waals surface area contributed by atoms with E-state index in [0.717, 1.165) is 13.1 Å². The normalized spacial score (nSPS) is 18.9. The second kappa shape index (κ2) is 5.34. The van der Waals surface area contributed by atoms with Crippen molar-refractivity contribution in [2.75, 3.05) is 19.0 Å². The molecule has 1 nitrogen and oxygen atoms in total. The molecule has 1 unspecified atom stereocenters. The first kappa shape index (κ1) is 10.7. The molecule has 2 rings (SSSR count). The van der Waals surface area contributed by atoms with Crippen LogP contribution in [0.4, 0.5) is 0 Å². The van der Waals surface area contributed by atoms with E-state index >= 15 is 0 Å². The molecule has 1 atom stereocenters. The van der Waals surface area contributed by atoms with Gasteiger partial charge in [-0.2, -0.15) is 0 Å². The molecule has 1 aliphatic carbocycles. The summed E-state index contributed by atoms with van der Waals surface area (Å²) in [6.45, 7) is 2.00. The molecule has 1 aromatic carbocycles. The summed E-state index contributed by atoms with van der Waals surface area (Å²) in [5.41, 5.74) is 3.03. The molecule has 15 heavy (non-hydrogen) atoms. The molecule has 2 heteroatoms. The summed E-state index contributed by atoms with van der Waals surface area (Å²) in [5.74, 6) is 1.32. The molecule has 0 aromatic heterocycles. The Morgan fingerprint density at radius 2 is 2.20 bits per heavy atom. The van der Waals surface area contributed by atoms with E-state index in [4.69, 9.17) is 11.6 Å². The lowest BCUT2D eigenvalue weighted by Gasteiger charge is -2.30. The average Bonchev–Trinajstić information content (AvgIpc) is 2.24. The van der Waals surface area contributed by atoms with Crippen molar-refractivity contribution in [1.82, 2.24) is 5.32 Å². The quantitative estimate of drug-likeness (QED) is 0.458. The number of benzene rings is 1. The molecule has 1 N–H and O–H groups in total. The minimum atomic E-state index is 0.605. The number of nitrogens with one attached hydrogen (secondary N) is 1. The minimum Gasteiger partial charge on any atom is -0.313 e. The van der Waals surface area contributed by atoms with Gasteiger partial charge in [0.05, 0.1) is 0 Å². The summed E-state index contributed by atoms with van der Waals surface area (Å²) in [5, 5.41) is 3.42. The van der Waals surface area contributed by atoms with Crippen LogP contribution >= 0.6 is 11.6 Å². The average molecular weight is 222 g/mol. The maximum absolute atomic E-state index is 5.53. The topological polar surface area (TPSA) is 12.0 Å². The lowest BCUT2D eigenvalue weighted by atomic mass is 9.78. The second-order valence-electron chi connectivity index (χ2n) is 3.88. The zero-order chi connectivity index (χ0) is 10.5. The number of hydrogen-bond acceptors (Lipinski definition) is 1. The molecule has 0 aliphatic heterocycles. The van der Waals surface area contributed by atoms with Crippen molar-refractivity contribution < 1.29 is 0 Å². The first-order valence-corrected chi connectivity index (χ1v) is 5.94. The molecule has 1 aromatic rings. The Bertz CT molecular complexity index is 346. The van der Waals surface area contributed by atoms with Crippen molar-refractivity contribution in [2.24, 2.45) is 0 Å². The van der Waals surface area contributed by atoms with E-state index in [1.807, 2.05) is 6.08 Å². The molecule has 0 heterocycles. The lowest BCUT2D eigenvalue weighted by molar-refractivity contribution is 0.555. The Labute approximate surface area is 96.1 Å². The van der Waals surface area contributed by atoms with Crippen molar-refractivity contribution in [3.63, 3.8) is 0 Å². The highest BCUT2D eigenvalue weighted by molar-refractivity contribution is 6.18. The van der Waals surface area contributed by atoms with Crippen LogP contribution in [0.15, 0.2) is 36.4 Å². The summed E-state index contributed by atoms with van der Waals surface area (Å²) in [6, 6.07) is 8.70. The largest absolute Gasteiger partial charge is 0.313 e. The van der Waals surface area contributed by atoms with E-state index < -0.39 is 0 Å². The molecule has 0 saturated carbocycles. The summed E-state index contributed by atoms with van der Waals surface area (Å²) >= 11 is 5.53. The van der Waals surface area contributed by atoms with E-state index in [2.05, 4.69) is 35.7 Å². The van der Waals surface area contributed by atoms with Crippen LogP contribution < -0.4 is 5.32 Å². The summed E-state index contributed by atoms with van der Waals surface area (Å²) in [6.07, 6.45) is 5.28. The van der Waals surface area contributed by atoms with Gasteiger partial charge in [0.1, 0.15) is 0 Å². The Balaban J connectivity index is 1.73. The number of halogens is 1. The number of hydrogen-bond donors (Lipinski definition) is 1. The Morgan fingerprint density at radius 3 is 3.00 bits per heavy atom. The fraction of sp³-hybridized carbons (Fsp3) is 0.385. The van der Waals surface area contributed by atoms with Gasteiger partial charge in [-0.1, -0.05) is 36.4 Å². The molecule has 0 amide bonds. The Morgan fingerprint density at radius 1 is 1.33 bits per heavy atom. The van der Waals surface area contributed by atoms with Crippen molar-refractivity contribution >= 4 is 11.6 Å². The SMILES string of the molecule is ClC/C=C/CNCC1Cc2ccccc21. The van der Waals surface area contributed by atoms with Crippen LogP contribution in [0.1, 0.15) is 17.0 Å². The third kappa shape index (κ3) is 2.61. The predicted octanol–water partition coefficient (Wildman–Crippen LogP) is 2.71. The maximum Gasteiger partial charge on any atom is 0.0404 e. The van der Waals surface area contributed by atoms with Gasteiger partial charge in [0, 0.05) is 24.9 Å². The van der Waals surface area contributed by atoms with Crippen molar-refractivity contribution in [3.8, 4) is 0 Å². The highest BCUT2D eigenvalue weighted by atomic mass is 35.5. The van der Waals surface area contributed by atoms with Crippen LogP contribution in [0.5, 0.6) is 0 Å². The van der Waals surface area contributed by atoms with E-state index in [1.54, 1.807) is 0 Å². The first-order valence-electron chi connectivity index (χ1n) is 5.41. The smallest absolute Gasteiger partial charge is 0.0404 e. The van der Waals surface area contributed by atoms with E-state index in [1.165, 1.54) is 17.5 Å². The molecule has 1 aliphatic rings. The van der Waals surface area contributed by atoms with Crippen LogP contribution in [-0.2, 0) is 6.42 Å². The van der Waals surface area contributed by atoms with Gasteiger partial charge in [-0.25, -0.2) is 0 Å². The lowest BCUT2D eigenvalue weighted by Crippen LogP contribution is -2.29. The first-order chi connectivity index (χ1) is 7.42. The highest BCUT2D eigenvalue weighted by Crippen LogP contribution is 2.33. The number of fused-ring (bicyclic) bond motifs is 1. The van der Waals surface area contributed by atoms with Gasteiger partial charge >= 0.3 is 0 Å². The predicted molar refractivity (Wildman–Crippen MR) is 65.6 cm³/mol. The Kier molecular flexibility index (Phi) is 3.81. The van der Waals surface area contributed by atoms with E-state index in [-0.39, 0.29) is 0 Å². The standard InChI is InChI=1S/C13H16ClN/c14-7-3-4-8-15-10-12-9-11-5-1-2-6-13(11)12/h1-6,12,15H,7-10H2/b4-3+. The fourth-order valence-electron chi connectivity index (χ4n) is 2.03. The monoisotopic (exact) mass is 221 g/mol. The van der Waals surface area contributed by atoms with Crippen LogP contribution in [0.3, 0.4) is 0 Å². The second-order valence-corrected chi connectivity index (χ2v) is 4.19. The molecule has 0 fully saturated rings. The zero-order valence-corrected chi connectivity index (χ0v) is 9.50. The fourth-order valence-corrected chi connectivity index (χ4v) is 2.16. The summed E-state index contributed by atoms with van der Waals surface area (Å²) in [4.78, 5) is 0. The van der Waals surface area contributed by atoms with Gasteiger partial charge in [0.2, 0.25) is 0 Å². The van der Waals surface area contributed by atoms with Crippen LogP contribution in [0.25, 0.3) is 0 Å². The van der Waals surface area contributed by atoms with Gasteiger partial charge < -0.3 is 5.32 Å². The van der Waals surface area contributed by atoms with Gasteiger partial charge in [-0.3, -0.25) is 0 Å². The van der Waals surface area contributed by atoms with Gasteiger partial charge in [-0.15, -0.1) is 11.6 Å². The van der Waals surface area contributed by atoms with Gasteiger partial charge in [-0.05, 0) is 17.5 Å². The number of alkyl halides is 1.